The zero-order valence-corrected chi connectivity index (χ0v) is 12.1. The summed E-state index contributed by atoms with van der Waals surface area (Å²) in [5.74, 6) is -2.59. The molecule has 2 rings (SSSR count). The van der Waals surface area contributed by atoms with E-state index in [1.165, 1.54) is 12.1 Å². The molecule has 0 spiro atoms. The number of likely N-dealkylation sites (N-methyl/N-ethyl adjacent to an activating group) is 1. The van der Waals surface area contributed by atoms with Crippen LogP contribution in [0.5, 0.6) is 5.75 Å². The summed E-state index contributed by atoms with van der Waals surface area (Å²) in [5.41, 5.74) is -1.02. The molecule has 0 aliphatic heterocycles. The van der Waals surface area contributed by atoms with Gasteiger partial charge in [0.15, 0.2) is 17.1 Å². The van der Waals surface area contributed by atoms with Gasteiger partial charge in [-0.2, -0.15) is 4.39 Å². The van der Waals surface area contributed by atoms with Gasteiger partial charge in [-0.05, 0) is 44.9 Å². The maximum absolute atomic E-state index is 13.6. The van der Waals surface area contributed by atoms with E-state index < -0.39 is 23.1 Å². The summed E-state index contributed by atoms with van der Waals surface area (Å²) < 4.78 is 37.2. The van der Waals surface area contributed by atoms with Crippen molar-refractivity contribution in [3.63, 3.8) is 0 Å². The fourth-order valence-corrected chi connectivity index (χ4v) is 2.34. The van der Waals surface area contributed by atoms with Gasteiger partial charge in [-0.1, -0.05) is 6.07 Å². The molecular weight excluding hydrogens is 280 g/mol. The highest BCUT2D eigenvalue weighted by Crippen LogP contribution is 2.41. The molecule has 1 atom stereocenters. The van der Waals surface area contributed by atoms with E-state index in [0.29, 0.717) is 0 Å². The summed E-state index contributed by atoms with van der Waals surface area (Å²) in [6.45, 7) is 1.87. The zero-order valence-electron chi connectivity index (χ0n) is 12.1. The lowest BCUT2D eigenvalue weighted by Crippen LogP contribution is -2.57. The number of rotatable bonds is 7. The molecule has 0 bridgehead atoms. The van der Waals surface area contributed by atoms with Crippen LogP contribution in [0.2, 0.25) is 0 Å². The van der Waals surface area contributed by atoms with Crippen LogP contribution in [0.25, 0.3) is 0 Å². The van der Waals surface area contributed by atoms with E-state index in [4.69, 9.17) is 9.47 Å². The van der Waals surface area contributed by atoms with Gasteiger partial charge in [0.2, 0.25) is 5.82 Å². The lowest BCUT2D eigenvalue weighted by Gasteiger charge is -2.31. The molecule has 1 fully saturated rings. The van der Waals surface area contributed by atoms with Crippen LogP contribution in [0.15, 0.2) is 18.2 Å². The predicted octanol–water partition coefficient (Wildman–Crippen LogP) is 2.27. The second-order valence-electron chi connectivity index (χ2n) is 5.06. The molecule has 1 N–H and O–H groups in total. The lowest BCUT2D eigenvalue weighted by atomic mass is 9.94. The molecule has 116 valence electrons. The Kier molecular flexibility index (Phi) is 4.77. The monoisotopic (exact) mass is 299 g/mol. The van der Waals surface area contributed by atoms with Gasteiger partial charge < -0.3 is 14.8 Å². The maximum Gasteiger partial charge on any atom is 0.330 e. The van der Waals surface area contributed by atoms with Gasteiger partial charge in [0, 0.05) is 0 Å². The van der Waals surface area contributed by atoms with Crippen LogP contribution < -0.4 is 10.1 Å². The number of carbonyl (C=O) groups excluding carboxylic acids is 1. The minimum atomic E-state index is -1.05. The molecule has 1 saturated carbocycles. The van der Waals surface area contributed by atoms with Gasteiger partial charge in [-0.3, -0.25) is 0 Å². The molecule has 6 heteroatoms. The van der Waals surface area contributed by atoms with Gasteiger partial charge in [0.1, 0.15) is 6.61 Å². The Bertz CT molecular complexity index is 520. The first-order valence-electron chi connectivity index (χ1n) is 6.98. The Morgan fingerprint density at radius 3 is 2.71 bits per heavy atom. The van der Waals surface area contributed by atoms with E-state index in [0.717, 1.165) is 18.9 Å². The van der Waals surface area contributed by atoms with Crippen LogP contribution >= 0.6 is 0 Å². The summed E-state index contributed by atoms with van der Waals surface area (Å²) in [4.78, 5) is 12.2. The van der Waals surface area contributed by atoms with Gasteiger partial charge in [0.25, 0.3) is 0 Å². The highest BCUT2D eigenvalue weighted by molar-refractivity contribution is 5.82. The topological polar surface area (TPSA) is 47.6 Å². The first-order chi connectivity index (χ1) is 10.0. The van der Waals surface area contributed by atoms with Crippen molar-refractivity contribution in [1.82, 2.24) is 5.32 Å². The van der Waals surface area contributed by atoms with E-state index in [2.05, 4.69) is 5.32 Å². The number of halogens is 2. The average molecular weight is 299 g/mol. The summed E-state index contributed by atoms with van der Waals surface area (Å²) in [7, 11) is 1.64. The van der Waals surface area contributed by atoms with Crippen molar-refractivity contribution < 1.29 is 23.0 Å². The van der Waals surface area contributed by atoms with Crippen molar-refractivity contribution in [2.75, 3.05) is 20.3 Å². The minimum absolute atomic E-state index is 0.0816. The smallest absolute Gasteiger partial charge is 0.330 e. The summed E-state index contributed by atoms with van der Waals surface area (Å²) >= 11 is 0. The molecule has 0 aromatic heterocycles. The number of hydrogen-bond donors (Lipinski definition) is 1. The van der Waals surface area contributed by atoms with Crippen LogP contribution in [0.1, 0.15) is 19.8 Å². The highest BCUT2D eigenvalue weighted by Gasteiger charge is 2.52. The summed E-state index contributed by atoms with van der Waals surface area (Å²) in [6, 6.07) is 3.70. The second-order valence-corrected chi connectivity index (χ2v) is 5.06. The van der Waals surface area contributed by atoms with Crippen LogP contribution in [0, 0.1) is 17.6 Å². The molecule has 0 saturated heterocycles. The third-order valence-corrected chi connectivity index (χ3v) is 3.73. The Morgan fingerprint density at radius 2 is 2.14 bits per heavy atom. The molecule has 0 heterocycles. The molecule has 1 aliphatic rings. The number of benzene rings is 1. The molecule has 1 aromatic carbocycles. The van der Waals surface area contributed by atoms with Crippen LogP contribution in [0.4, 0.5) is 8.78 Å². The first-order valence-corrected chi connectivity index (χ1v) is 6.98. The normalized spacial score (nSPS) is 17.1. The Morgan fingerprint density at radius 1 is 1.43 bits per heavy atom. The number of carbonyl (C=O) groups is 1. The lowest BCUT2D eigenvalue weighted by molar-refractivity contribution is -0.153. The molecular formula is C15H19F2NO3. The molecule has 0 amide bonds. The number of esters is 1. The molecule has 21 heavy (non-hydrogen) atoms. The summed E-state index contributed by atoms with van der Waals surface area (Å²) in [5, 5.41) is 2.95. The molecule has 0 radical (unpaired) electrons. The maximum atomic E-state index is 13.6. The Hall–Kier alpha value is -1.69. The number of hydrogen-bond acceptors (Lipinski definition) is 4. The van der Waals surface area contributed by atoms with E-state index >= 15 is 0 Å². The average Bonchev–Trinajstić information content (AvgIpc) is 3.30. The standard InChI is InChI=1S/C15H19F2NO3/c1-3-20-14(19)15(18-2,10-7-8-10)9-21-12-6-4-5-11(16)13(12)17/h4-6,10,18H,3,7-9H2,1-2H3. The number of ether oxygens (including phenoxy) is 2. The van der Waals surface area contributed by atoms with Crippen molar-refractivity contribution in [2.24, 2.45) is 5.92 Å². The highest BCUT2D eigenvalue weighted by atomic mass is 19.2. The van der Waals surface area contributed by atoms with E-state index in [1.807, 2.05) is 0 Å². The molecule has 1 aromatic rings. The van der Waals surface area contributed by atoms with Gasteiger partial charge in [-0.25, -0.2) is 9.18 Å². The Labute approximate surface area is 122 Å². The third-order valence-electron chi connectivity index (χ3n) is 3.73. The zero-order chi connectivity index (χ0) is 15.5. The fourth-order valence-electron chi connectivity index (χ4n) is 2.34. The quantitative estimate of drug-likeness (QED) is 0.785. The van der Waals surface area contributed by atoms with Crippen molar-refractivity contribution >= 4 is 5.97 Å². The van der Waals surface area contributed by atoms with Crippen molar-refractivity contribution in [2.45, 2.75) is 25.3 Å². The molecule has 1 unspecified atom stereocenters. The van der Waals surface area contributed by atoms with Crippen molar-refractivity contribution in [3.8, 4) is 5.75 Å². The van der Waals surface area contributed by atoms with E-state index in [9.17, 15) is 13.6 Å². The molecule has 4 nitrogen and oxygen atoms in total. The van der Waals surface area contributed by atoms with Gasteiger partial charge in [-0.15, -0.1) is 0 Å². The van der Waals surface area contributed by atoms with Gasteiger partial charge >= 0.3 is 5.97 Å². The van der Waals surface area contributed by atoms with Crippen LogP contribution in [0.3, 0.4) is 0 Å². The van der Waals surface area contributed by atoms with E-state index in [1.54, 1.807) is 14.0 Å². The molecule has 1 aliphatic carbocycles. The first kappa shape index (κ1) is 15.7. The Balaban J connectivity index is 2.16. The van der Waals surface area contributed by atoms with Crippen molar-refractivity contribution in [3.05, 3.63) is 29.8 Å². The third kappa shape index (κ3) is 3.15. The van der Waals surface area contributed by atoms with Crippen molar-refractivity contribution in [1.29, 1.82) is 0 Å². The fraction of sp³-hybridized carbons (Fsp3) is 0.533. The van der Waals surface area contributed by atoms with Crippen LogP contribution in [-0.4, -0.2) is 31.8 Å². The second kappa shape index (κ2) is 6.39. The van der Waals surface area contributed by atoms with Crippen LogP contribution in [-0.2, 0) is 9.53 Å². The van der Waals surface area contributed by atoms with Gasteiger partial charge in [0.05, 0.1) is 6.61 Å². The number of nitrogens with one attached hydrogen (secondary N) is 1. The SMILES string of the molecule is CCOC(=O)C(COc1cccc(F)c1F)(NC)C1CC1. The largest absolute Gasteiger partial charge is 0.488 e. The summed E-state index contributed by atoms with van der Waals surface area (Å²) in [6.07, 6.45) is 1.74. The minimum Gasteiger partial charge on any atom is -0.488 e. The van der Waals surface area contributed by atoms with E-state index in [-0.39, 0.29) is 24.9 Å². The predicted molar refractivity (Wildman–Crippen MR) is 73.0 cm³/mol.